The lowest BCUT2D eigenvalue weighted by Crippen LogP contribution is -1.68. The molecule has 0 unspecified atom stereocenters. The zero-order valence-corrected chi connectivity index (χ0v) is 6.35. The van der Waals surface area contributed by atoms with Gasteiger partial charge in [0, 0.05) is 5.70 Å². The van der Waals surface area contributed by atoms with E-state index in [4.69, 9.17) is 0 Å². The van der Waals surface area contributed by atoms with E-state index < -0.39 is 0 Å². The fourth-order valence-electron chi connectivity index (χ4n) is 0.407. The van der Waals surface area contributed by atoms with Gasteiger partial charge in [0.1, 0.15) is 0 Å². The lowest BCUT2D eigenvalue weighted by Gasteiger charge is -1.87. The summed E-state index contributed by atoms with van der Waals surface area (Å²) in [5.41, 5.74) is 1.07. The summed E-state index contributed by atoms with van der Waals surface area (Å²) in [6, 6.07) is 0. The molecule has 0 aliphatic heterocycles. The van der Waals surface area contributed by atoms with Crippen LogP contribution < -0.4 is 0 Å². The average molecular weight is 125 g/mol. The first kappa shape index (κ1) is 11.0. The van der Waals surface area contributed by atoms with E-state index in [-0.39, 0.29) is 0 Å². The van der Waals surface area contributed by atoms with Crippen LogP contribution in [0.3, 0.4) is 0 Å². The van der Waals surface area contributed by atoms with Crippen LogP contribution in [0.4, 0.5) is 0 Å². The SMILES string of the molecule is C=C.C=N/C(=C\C)CC. The molecule has 0 saturated heterocycles. The van der Waals surface area contributed by atoms with E-state index in [9.17, 15) is 0 Å². The first-order valence-corrected chi connectivity index (χ1v) is 2.97. The highest BCUT2D eigenvalue weighted by molar-refractivity contribution is 5.28. The van der Waals surface area contributed by atoms with Crippen molar-refractivity contribution in [1.82, 2.24) is 0 Å². The molecule has 0 saturated carbocycles. The molecule has 0 aromatic rings. The maximum absolute atomic E-state index is 3.74. The molecule has 0 rings (SSSR count). The lowest BCUT2D eigenvalue weighted by molar-refractivity contribution is 1.07. The first-order valence-electron chi connectivity index (χ1n) is 2.97. The summed E-state index contributed by atoms with van der Waals surface area (Å²) < 4.78 is 0. The minimum Gasteiger partial charge on any atom is -0.269 e. The minimum atomic E-state index is 0.986. The van der Waals surface area contributed by atoms with E-state index in [1.807, 2.05) is 13.0 Å². The van der Waals surface area contributed by atoms with Crippen LogP contribution in [-0.4, -0.2) is 6.72 Å². The Morgan fingerprint density at radius 2 is 2.00 bits per heavy atom. The van der Waals surface area contributed by atoms with Crippen LogP contribution in [0.2, 0.25) is 0 Å². The summed E-state index contributed by atoms with van der Waals surface area (Å²) in [6.45, 7) is 13.4. The second-order valence-electron chi connectivity index (χ2n) is 1.29. The Labute approximate surface area is 57.8 Å². The third-order valence-corrected chi connectivity index (χ3v) is 0.899. The van der Waals surface area contributed by atoms with Crippen LogP contribution in [0.1, 0.15) is 20.3 Å². The van der Waals surface area contributed by atoms with Crippen molar-refractivity contribution in [2.24, 2.45) is 4.99 Å². The van der Waals surface area contributed by atoms with Gasteiger partial charge < -0.3 is 0 Å². The molecule has 0 aromatic carbocycles. The maximum Gasteiger partial charge on any atom is 0.0351 e. The second kappa shape index (κ2) is 10.2. The average Bonchev–Trinajstić information content (AvgIpc) is 1.96. The number of rotatable bonds is 2. The predicted molar refractivity (Wildman–Crippen MR) is 44.9 cm³/mol. The molecule has 52 valence electrons. The van der Waals surface area contributed by atoms with E-state index in [1.54, 1.807) is 0 Å². The molecule has 0 spiro atoms. The van der Waals surface area contributed by atoms with Crippen molar-refractivity contribution >= 4 is 6.72 Å². The Morgan fingerprint density at radius 1 is 1.56 bits per heavy atom. The van der Waals surface area contributed by atoms with E-state index in [0.29, 0.717) is 0 Å². The van der Waals surface area contributed by atoms with E-state index >= 15 is 0 Å². The summed E-state index contributed by atoms with van der Waals surface area (Å²) in [7, 11) is 0. The Hall–Kier alpha value is -0.850. The Morgan fingerprint density at radius 3 is 2.00 bits per heavy atom. The van der Waals surface area contributed by atoms with Crippen molar-refractivity contribution < 1.29 is 0 Å². The van der Waals surface area contributed by atoms with Crippen molar-refractivity contribution in [3.8, 4) is 0 Å². The van der Waals surface area contributed by atoms with Crippen LogP contribution in [0, 0.1) is 0 Å². The predicted octanol–water partition coefficient (Wildman–Crippen LogP) is 2.80. The van der Waals surface area contributed by atoms with Gasteiger partial charge in [-0.25, -0.2) is 0 Å². The van der Waals surface area contributed by atoms with Gasteiger partial charge in [-0.1, -0.05) is 13.0 Å². The molecule has 0 heterocycles. The largest absolute Gasteiger partial charge is 0.269 e. The smallest absolute Gasteiger partial charge is 0.0351 e. The number of nitrogens with zero attached hydrogens (tertiary/aromatic N) is 1. The van der Waals surface area contributed by atoms with Crippen LogP contribution in [0.15, 0.2) is 29.9 Å². The van der Waals surface area contributed by atoms with Gasteiger partial charge in [-0.15, -0.1) is 13.2 Å². The molecule has 0 aromatic heterocycles. The zero-order chi connectivity index (χ0) is 7.70. The lowest BCUT2D eigenvalue weighted by atomic mass is 10.3. The summed E-state index contributed by atoms with van der Waals surface area (Å²) >= 11 is 0. The van der Waals surface area contributed by atoms with Gasteiger partial charge in [-0.2, -0.15) is 0 Å². The van der Waals surface area contributed by atoms with Crippen LogP contribution in [0.25, 0.3) is 0 Å². The van der Waals surface area contributed by atoms with Crippen molar-refractivity contribution in [2.75, 3.05) is 0 Å². The summed E-state index contributed by atoms with van der Waals surface area (Å²) in [5.74, 6) is 0. The van der Waals surface area contributed by atoms with Crippen LogP contribution in [0.5, 0.6) is 0 Å². The molecule has 0 atom stereocenters. The molecule has 0 radical (unpaired) electrons. The molecular weight excluding hydrogens is 110 g/mol. The molecule has 0 aliphatic carbocycles. The molecule has 0 bridgehead atoms. The molecule has 1 heteroatoms. The summed E-state index contributed by atoms with van der Waals surface area (Å²) in [6.07, 6.45) is 2.95. The van der Waals surface area contributed by atoms with Crippen molar-refractivity contribution in [3.63, 3.8) is 0 Å². The van der Waals surface area contributed by atoms with Crippen LogP contribution in [-0.2, 0) is 0 Å². The van der Waals surface area contributed by atoms with E-state index in [1.165, 1.54) is 0 Å². The summed E-state index contributed by atoms with van der Waals surface area (Å²) in [5, 5.41) is 0. The van der Waals surface area contributed by atoms with Gasteiger partial charge >= 0.3 is 0 Å². The highest BCUT2D eigenvalue weighted by Gasteiger charge is 1.78. The number of allylic oxidation sites excluding steroid dienone is 2. The van der Waals surface area contributed by atoms with Crippen LogP contribution >= 0.6 is 0 Å². The molecule has 9 heavy (non-hydrogen) atoms. The first-order chi connectivity index (χ1) is 4.35. The van der Waals surface area contributed by atoms with Gasteiger partial charge in [0.2, 0.25) is 0 Å². The molecule has 0 N–H and O–H groups in total. The minimum absolute atomic E-state index is 0.986. The second-order valence-corrected chi connectivity index (χ2v) is 1.29. The van der Waals surface area contributed by atoms with Gasteiger partial charge in [0.25, 0.3) is 0 Å². The molecule has 0 fully saturated rings. The van der Waals surface area contributed by atoms with Gasteiger partial charge in [0.15, 0.2) is 0 Å². The van der Waals surface area contributed by atoms with Gasteiger partial charge in [0.05, 0.1) is 0 Å². The number of hydrogen-bond donors (Lipinski definition) is 0. The fourth-order valence-corrected chi connectivity index (χ4v) is 0.407. The maximum atomic E-state index is 3.74. The van der Waals surface area contributed by atoms with Crippen molar-refractivity contribution in [1.29, 1.82) is 0 Å². The summed E-state index contributed by atoms with van der Waals surface area (Å²) in [4.78, 5) is 3.74. The quantitative estimate of drug-likeness (QED) is 0.397. The highest BCUT2D eigenvalue weighted by atomic mass is 14.7. The monoisotopic (exact) mass is 125 g/mol. The third kappa shape index (κ3) is 7.15. The Kier molecular flexibility index (Phi) is 12.5. The Bertz CT molecular complexity index is 92.7. The van der Waals surface area contributed by atoms with E-state index in [2.05, 4.69) is 31.8 Å². The number of aliphatic imine (C=N–C) groups is 1. The molecule has 0 amide bonds. The highest BCUT2D eigenvalue weighted by Crippen LogP contribution is 1.97. The zero-order valence-electron chi connectivity index (χ0n) is 6.35. The normalized spacial score (nSPS) is 9.33. The van der Waals surface area contributed by atoms with Crippen molar-refractivity contribution in [2.45, 2.75) is 20.3 Å². The molecule has 1 nitrogen and oxygen atoms in total. The molecule has 0 aliphatic rings. The third-order valence-electron chi connectivity index (χ3n) is 0.899. The van der Waals surface area contributed by atoms with Gasteiger partial charge in [-0.05, 0) is 20.1 Å². The fraction of sp³-hybridized carbons (Fsp3) is 0.375. The topological polar surface area (TPSA) is 12.4 Å². The van der Waals surface area contributed by atoms with Gasteiger partial charge in [-0.3, -0.25) is 4.99 Å². The van der Waals surface area contributed by atoms with Crippen molar-refractivity contribution in [3.05, 3.63) is 24.9 Å². The molecular formula is C8H15N. The van der Waals surface area contributed by atoms with E-state index in [0.717, 1.165) is 12.1 Å². The number of hydrogen-bond acceptors (Lipinski definition) is 1. The standard InChI is InChI=1S/C6H11N.C2H4/c1-4-6(5-2)7-3;1-2/h4H,3,5H2,1-2H3;1-2H2/b6-4-;. The Balaban J connectivity index is 0.